The smallest absolute Gasteiger partial charge is 0.310 e. The molecule has 1 saturated heterocycles. The number of rotatable bonds is 5. The molecule has 7 nitrogen and oxygen atoms in total. The largest absolute Gasteiger partial charge is 0.466 e. The molecule has 0 saturated carbocycles. The number of carbonyl (C=O) groups is 2. The van der Waals surface area contributed by atoms with Crippen molar-refractivity contribution in [1.82, 2.24) is 4.90 Å². The normalized spacial score (nSPS) is 19.8. The molecule has 2 heterocycles. The molecule has 2 aliphatic heterocycles. The summed E-state index contributed by atoms with van der Waals surface area (Å²) >= 11 is 0. The second-order valence-electron chi connectivity index (χ2n) is 5.94. The highest BCUT2D eigenvalue weighted by atomic mass is 16.7. The lowest BCUT2D eigenvalue weighted by Gasteiger charge is -2.30. The molecular formula is C17H22N2O5. The first-order valence-corrected chi connectivity index (χ1v) is 8.24. The third-order valence-electron chi connectivity index (χ3n) is 4.15. The number of piperidine rings is 1. The van der Waals surface area contributed by atoms with Crippen LogP contribution in [0.1, 0.15) is 19.8 Å². The summed E-state index contributed by atoms with van der Waals surface area (Å²) in [6.07, 6.45) is 1.71. The van der Waals surface area contributed by atoms with Gasteiger partial charge in [0, 0.05) is 18.3 Å². The molecule has 0 unspecified atom stereocenters. The summed E-state index contributed by atoms with van der Waals surface area (Å²) in [7, 11) is 0. The summed E-state index contributed by atoms with van der Waals surface area (Å²) in [5.41, 5.74) is 0.670. The molecular weight excluding hydrogens is 312 g/mol. The van der Waals surface area contributed by atoms with Crippen molar-refractivity contribution in [3.8, 4) is 11.5 Å². The van der Waals surface area contributed by atoms with E-state index in [4.69, 9.17) is 14.2 Å². The van der Waals surface area contributed by atoms with Gasteiger partial charge in [-0.05, 0) is 38.4 Å². The minimum Gasteiger partial charge on any atom is -0.466 e. The quantitative estimate of drug-likeness (QED) is 0.825. The highest BCUT2D eigenvalue weighted by molar-refractivity contribution is 5.92. The Labute approximate surface area is 140 Å². The van der Waals surface area contributed by atoms with E-state index >= 15 is 0 Å². The van der Waals surface area contributed by atoms with E-state index in [1.54, 1.807) is 25.1 Å². The lowest BCUT2D eigenvalue weighted by Crippen LogP contribution is -2.43. The Morgan fingerprint density at radius 3 is 3.00 bits per heavy atom. The minimum absolute atomic E-state index is 0.113. The second-order valence-corrected chi connectivity index (χ2v) is 5.94. The van der Waals surface area contributed by atoms with E-state index in [1.165, 1.54) is 0 Å². The molecule has 1 fully saturated rings. The lowest BCUT2D eigenvalue weighted by molar-refractivity contribution is -0.150. The molecule has 24 heavy (non-hydrogen) atoms. The Kier molecular flexibility index (Phi) is 5.20. The fourth-order valence-corrected chi connectivity index (χ4v) is 3.03. The molecule has 1 aromatic rings. The number of ether oxygens (including phenoxy) is 3. The molecule has 1 N–H and O–H groups in total. The van der Waals surface area contributed by atoms with Gasteiger partial charge in [0.25, 0.3) is 0 Å². The summed E-state index contributed by atoms with van der Waals surface area (Å²) < 4.78 is 15.6. The molecule has 3 rings (SSSR count). The standard InChI is InChI=1S/C17H22N2O5/c1-2-22-17(21)12-4-3-7-19(9-12)10-16(20)18-13-5-6-14-15(8-13)24-11-23-14/h5-6,8,12H,2-4,7,9-11H2,1H3,(H,18,20)/t12-/m0/s1. The SMILES string of the molecule is CCOC(=O)[C@H]1CCCN(CC(=O)Nc2ccc3c(c2)OCO3)C1. The number of amides is 1. The predicted octanol–water partition coefficient (Wildman–Crippen LogP) is 1.63. The third-order valence-corrected chi connectivity index (χ3v) is 4.15. The minimum atomic E-state index is -0.168. The molecule has 1 aromatic carbocycles. The van der Waals surface area contributed by atoms with Crippen molar-refractivity contribution >= 4 is 17.6 Å². The van der Waals surface area contributed by atoms with E-state index in [2.05, 4.69) is 5.32 Å². The van der Waals surface area contributed by atoms with Gasteiger partial charge in [0.15, 0.2) is 11.5 Å². The predicted molar refractivity (Wildman–Crippen MR) is 87.0 cm³/mol. The average Bonchev–Trinajstić information content (AvgIpc) is 3.03. The van der Waals surface area contributed by atoms with Gasteiger partial charge in [0.2, 0.25) is 12.7 Å². The maximum Gasteiger partial charge on any atom is 0.310 e. The third kappa shape index (κ3) is 3.97. The van der Waals surface area contributed by atoms with E-state index in [-0.39, 0.29) is 31.1 Å². The average molecular weight is 334 g/mol. The van der Waals surface area contributed by atoms with Crippen LogP contribution in [-0.2, 0) is 14.3 Å². The van der Waals surface area contributed by atoms with Gasteiger partial charge in [0.1, 0.15) is 0 Å². The molecule has 1 amide bonds. The van der Waals surface area contributed by atoms with Gasteiger partial charge >= 0.3 is 5.97 Å². The van der Waals surface area contributed by atoms with Crippen molar-refractivity contribution in [3.63, 3.8) is 0 Å². The number of nitrogens with one attached hydrogen (secondary N) is 1. The lowest BCUT2D eigenvalue weighted by atomic mass is 9.98. The van der Waals surface area contributed by atoms with Gasteiger partial charge in [-0.2, -0.15) is 0 Å². The summed E-state index contributed by atoms with van der Waals surface area (Å²) in [6.45, 7) is 4.02. The van der Waals surface area contributed by atoms with Crippen molar-refractivity contribution in [3.05, 3.63) is 18.2 Å². The van der Waals surface area contributed by atoms with Gasteiger partial charge < -0.3 is 19.5 Å². The molecule has 130 valence electrons. The van der Waals surface area contributed by atoms with E-state index in [9.17, 15) is 9.59 Å². The number of esters is 1. The van der Waals surface area contributed by atoms with Crippen molar-refractivity contribution < 1.29 is 23.8 Å². The number of hydrogen-bond acceptors (Lipinski definition) is 6. The number of fused-ring (bicyclic) bond motifs is 1. The Bertz CT molecular complexity index is 619. The molecule has 0 radical (unpaired) electrons. The molecule has 0 bridgehead atoms. The monoisotopic (exact) mass is 334 g/mol. The highest BCUT2D eigenvalue weighted by Crippen LogP contribution is 2.34. The van der Waals surface area contributed by atoms with E-state index in [0.717, 1.165) is 19.4 Å². The highest BCUT2D eigenvalue weighted by Gasteiger charge is 2.27. The van der Waals surface area contributed by atoms with Gasteiger partial charge in [-0.1, -0.05) is 0 Å². The van der Waals surface area contributed by atoms with Gasteiger partial charge in [-0.3, -0.25) is 14.5 Å². The first kappa shape index (κ1) is 16.6. The van der Waals surface area contributed by atoms with Crippen molar-refractivity contribution in [2.45, 2.75) is 19.8 Å². The van der Waals surface area contributed by atoms with E-state index in [0.29, 0.717) is 30.3 Å². The number of anilines is 1. The number of nitrogens with zero attached hydrogens (tertiary/aromatic N) is 1. The number of carbonyl (C=O) groups excluding carboxylic acids is 2. The fourth-order valence-electron chi connectivity index (χ4n) is 3.03. The fraction of sp³-hybridized carbons (Fsp3) is 0.529. The molecule has 0 spiro atoms. The summed E-state index contributed by atoms with van der Waals surface area (Å²) in [4.78, 5) is 26.1. The van der Waals surface area contributed by atoms with Crippen molar-refractivity contribution in [2.24, 2.45) is 5.92 Å². The van der Waals surface area contributed by atoms with Gasteiger partial charge in [0.05, 0.1) is 19.1 Å². The van der Waals surface area contributed by atoms with Crippen LogP contribution in [0.4, 0.5) is 5.69 Å². The van der Waals surface area contributed by atoms with Crippen LogP contribution in [0, 0.1) is 5.92 Å². The maximum absolute atomic E-state index is 12.2. The van der Waals surface area contributed by atoms with Gasteiger partial charge in [-0.25, -0.2) is 0 Å². The summed E-state index contributed by atoms with van der Waals surface area (Å²) in [6, 6.07) is 5.30. The summed E-state index contributed by atoms with van der Waals surface area (Å²) in [5.74, 6) is 0.892. The number of hydrogen-bond donors (Lipinski definition) is 1. The first-order chi connectivity index (χ1) is 11.7. The van der Waals surface area contributed by atoms with Crippen LogP contribution in [0.25, 0.3) is 0 Å². The number of benzene rings is 1. The zero-order chi connectivity index (χ0) is 16.9. The zero-order valence-corrected chi connectivity index (χ0v) is 13.7. The molecule has 2 aliphatic rings. The van der Waals surface area contributed by atoms with Crippen LogP contribution in [0.3, 0.4) is 0 Å². The van der Waals surface area contributed by atoms with Gasteiger partial charge in [-0.15, -0.1) is 0 Å². The van der Waals surface area contributed by atoms with Crippen LogP contribution in [0.5, 0.6) is 11.5 Å². The molecule has 0 aliphatic carbocycles. The maximum atomic E-state index is 12.2. The van der Waals surface area contributed by atoms with Crippen LogP contribution in [-0.4, -0.2) is 49.8 Å². The van der Waals surface area contributed by atoms with E-state index in [1.807, 2.05) is 4.90 Å². The Hall–Kier alpha value is -2.28. The van der Waals surface area contributed by atoms with Crippen LogP contribution < -0.4 is 14.8 Å². The second kappa shape index (κ2) is 7.53. The Morgan fingerprint density at radius 2 is 2.17 bits per heavy atom. The molecule has 1 atom stereocenters. The molecule has 7 heteroatoms. The van der Waals surface area contributed by atoms with Crippen molar-refractivity contribution in [1.29, 1.82) is 0 Å². The zero-order valence-electron chi connectivity index (χ0n) is 13.7. The topological polar surface area (TPSA) is 77.1 Å². The molecule has 0 aromatic heterocycles. The van der Waals surface area contributed by atoms with Crippen LogP contribution in [0.15, 0.2) is 18.2 Å². The van der Waals surface area contributed by atoms with Crippen LogP contribution in [0.2, 0.25) is 0 Å². The first-order valence-electron chi connectivity index (χ1n) is 8.24. The Balaban J connectivity index is 1.52. The number of likely N-dealkylation sites (tertiary alicyclic amines) is 1. The van der Waals surface area contributed by atoms with Crippen LogP contribution >= 0.6 is 0 Å². The Morgan fingerprint density at radius 1 is 1.33 bits per heavy atom. The summed E-state index contributed by atoms with van der Waals surface area (Å²) in [5, 5.41) is 2.86. The van der Waals surface area contributed by atoms with E-state index < -0.39 is 0 Å². The van der Waals surface area contributed by atoms with Crippen molar-refractivity contribution in [2.75, 3.05) is 38.4 Å².